The Bertz CT molecular complexity index is 593. The maximum atomic E-state index is 12.1. The van der Waals surface area contributed by atoms with Crippen molar-refractivity contribution in [3.8, 4) is 0 Å². The minimum Gasteiger partial charge on any atom is -0.462 e. The average Bonchev–Trinajstić information content (AvgIpc) is 2.52. The fourth-order valence-corrected chi connectivity index (χ4v) is 1.94. The fourth-order valence-electron chi connectivity index (χ4n) is 1.94. The largest absolute Gasteiger partial charge is 0.462 e. The molecule has 1 aromatic rings. The van der Waals surface area contributed by atoms with E-state index in [9.17, 15) is 19.7 Å². The van der Waals surface area contributed by atoms with Crippen molar-refractivity contribution in [3.63, 3.8) is 0 Å². The number of carbonyl (C=O) groups is 2. The Morgan fingerprint density at radius 2 is 1.87 bits per heavy atom. The van der Waals surface area contributed by atoms with Gasteiger partial charge in [0, 0.05) is 18.2 Å². The van der Waals surface area contributed by atoms with E-state index in [0.29, 0.717) is 5.56 Å². The van der Waals surface area contributed by atoms with Gasteiger partial charge in [0.05, 0.1) is 17.1 Å². The summed E-state index contributed by atoms with van der Waals surface area (Å²) < 4.78 is 5.13. The Morgan fingerprint density at radius 3 is 2.39 bits per heavy atom. The molecular weight excluding hydrogens is 300 g/mol. The van der Waals surface area contributed by atoms with Crippen LogP contribution in [-0.4, -0.2) is 23.4 Å². The van der Waals surface area contributed by atoms with Crippen LogP contribution in [0.15, 0.2) is 30.3 Å². The highest BCUT2D eigenvalue weighted by Crippen LogP contribution is 2.20. The molecule has 0 radical (unpaired) electrons. The Labute approximate surface area is 134 Å². The van der Waals surface area contributed by atoms with Gasteiger partial charge in [-0.15, -0.1) is 0 Å². The summed E-state index contributed by atoms with van der Waals surface area (Å²) in [7, 11) is 0. The number of carbonyl (C=O) groups excluding carboxylic acids is 2. The van der Waals surface area contributed by atoms with Crippen molar-refractivity contribution in [2.24, 2.45) is 5.73 Å². The molecule has 1 rings (SSSR count). The molecule has 7 nitrogen and oxygen atoms in total. The number of rotatable bonds is 9. The zero-order chi connectivity index (χ0) is 17.2. The van der Waals surface area contributed by atoms with Crippen molar-refractivity contribution in [1.82, 2.24) is 0 Å². The van der Waals surface area contributed by atoms with E-state index in [1.54, 1.807) is 0 Å². The standard InChI is InChI=1S/C16H20N2O5/c1-2-3-4-5-10-23-16(20)14(11-15(17)19)12-6-8-13(9-7-12)18(21)22/h6-9,11H,2-5,10H2,1H3,(H2,17,19). The highest BCUT2D eigenvalue weighted by Gasteiger charge is 2.16. The molecule has 0 atom stereocenters. The third kappa shape index (κ3) is 6.29. The summed E-state index contributed by atoms with van der Waals surface area (Å²) in [5.74, 6) is -1.46. The first-order valence-electron chi connectivity index (χ1n) is 7.38. The number of hydrogen-bond acceptors (Lipinski definition) is 5. The highest BCUT2D eigenvalue weighted by molar-refractivity contribution is 6.20. The average molecular weight is 320 g/mol. The van der Waals surface area contributed by atoms with Crippen LogP contribution >= 0.6 is 0 Å². The molecule has 0 aliphatic heterocycles. The maximum Gasteiger partial charge on any atom is 0.338 e. The van der Waals surface area contributed by atoms with Gasteiger partial charge in [-0.25, -0.2) is 4.79 Å². The van der Waals surface area contributed by atoms with E-state index in [0.717, 1.165) is 31.8 Å². The maximum absolute atomic E-state index is 12.1. The number of unbranched alkanes of at least 4 members (excludes halogenated alkanes) is 3. The normalized spacial score (nSPS) is 11.1. The number of nitro groups is 1. The van der Waals surface area contributed by atoms with Crippen LogP contribution in [0, 0.1) is 10.1 Å². The van der Waals surface area contributed by atoms with Crippen molar-refractivity contribution in [2.45, 2.75) is 32.6 Å². The number of primary amides is 1. The minimum absolute atomic E-state index is 0.0112. The highest BCUT2D eigenvalue weighted by atomic mass is 16.6. The van der Waals surface area contributed by atoms with E-state index in [4.69, 9.17) is 10.5 Å². The van der Waals surface area contributed by atoms with Crippen LogP contribution in [0.4, 0.5) is 5.69 Å². The first kappa shape index (κ1) is 18.3. The molecule has 0 aliphatic rings. The fraction of sp³-hybridized carbons (Fsp3) is 0.375. The smallest absolute Gasteiger partial charge is 0.338 e. The van der Waals surface area contributed by atoms with Gasteiger partial charge in [-0.3, -0.25) is 14.9 Å². The summed E-state index contributed by atoms with van der Waals surface area (Å²) in [5.41, 5.74) is 5.33. The Kier molecular flexibility index (Phi) is 7.45. The lowest BCUT2D eigenvalue weighted by Gasteiger charge is -2.08. The minimum atomic E-state index is -0.790. The van der Waals surface area contributed by atoms with Gasteiger partial charge in [-0.2, -0.15) is 0 Å². The second-order valence-electron chi connectivity index (χ2n) is 4.96. The van der Waals surface area contributed by atoms with E-state index >= 15 is 0 Å². The number of esters is 1. The van der Waals surface area contributed by atoms with Gasteiger partial charge in [0.2, 0.25) is 5.91 Å². The van der Waals surface area contributed by atoms with Crippen molar-refractivity contribution >= 4 is 23.1 Å². The Morgan fingerprint density at radius 1 is 1.22 bits per heavy atom. The first-order chi connectivity index (χ1) is 11.0. The van der Waals surface area contributed by atoms with Crippen LogP contribution in [0.3, 0.4) is 0 Å². The third-order valence-electron chi connectivity index (χ3n) is 3.13. The molecule has 1 amide bonds. The summed E-state index contributed by atoms with van der Waals surface area (Å²) in [6.45, 7) is 2.33. The molecule has 7 heteroatoms. The van der Waals surface area contributed by atoms with Crippen molar-refractivity contribution in [3.05, 3.63) is 46.0 Å². The second-order valence-corrected chi connectivity index (χ2v) is 4.96. The zero-order valence-corrected chi connectivity index (χ0v) is 13.0. The van der Waals surface area contributed by atoms with Crippen molar-refractivity contribution in [2.75, 3.05) is 6.61 Å². The first-order valence-corrected chi connectivity index (χ1v) is 7.38. The molecule has 0 aliphatic carbocycles. The molecule has 0 bridgehead atoms. The lowest BCUT2D eigenvalue weighted by molar-refractivity contribution is -0.384. The second kappa shape index (κ2) is 9.34. The SMILES string of the molecule is CCCCCCOC(=O)C(=CC(N)=O)c1ccc([N+](=O)[O-])cc1. The van der Waals surface area contributed by atoms with Gasteiger partial charge >= 0.3 is 5.97 Å². The van der Waals surface area contributed by atoms with Crippen LogP contribution in [0.25, 0.3) is 5.57 Å². The Hall–Kier alpha value is -2.70. The lowest BCUT2D eigenvalue weighted by Crippen LogP contribution is -2.13. The topological polar surface area (TPSA) is 113 Å². The van der Waals surface area contributed by atoms with E-state index < -0.39 is 16.8 Å². The van der Waals surface area contributed by atoms with E-state index in [1.807, 2.05) is 0 Å². The number of nitrogens with two attached hydrogens (primary N) is 1. The van der Waals surface area contributed by atoms with E-state index in [1.165, 1.54) is 24.3 Å². The number of hydrogen-bond donors (Lipinski definition) is 1. The summed E-state index contributed by atoms with van der Waals surface area (Å²) in [6.07, 6.45) is 4.79. The number of ether oxygens (including phenoxy) is 1. The predicted octanol–water partition coefficient (Wildman–Crippen LogP) is 2.59. The molecule has 0 fully saturated rings. The number of benzene rings is 1. The molecule has 0 heterocycles. The molecule has 23 heavy (non-hydrogen) atoms. The van der Waals surface area contributed by atoms with E-state index in [-0.39, 0.29) is 17.9 Å². The van der Waals surface area contributed by atoms with Gasteiger partial charge in [-0.05, 0) is 24.1 Å². The summed E-state index contributed by atoms with van der Waals surface area (Å²) in [5, 5.41) is 10.6. The molecule has 2 N–H and O–H groups in total. The third-order valence-corrected chi connectivity index (χ3v) is 3.13. The van der Waals surface area contributed by atoms with Gasteiger partial charge < -0.3 is 10.5 Å². The number of nitrogens with zero attached hydrogens (tertiary/aromatic N) is 1. The van der Waals surface area contributed by atoms with E-state index in [2.05, 4.69) is 6.92 Å². The van der Waals surface area contributed by atoms with Crippen LogP contribution < -0.4 is 5.73 Å². The van der Waals surface area contributed by atoms with Crippen molar-refractivity contribution < 1.29 is 19.2 Å². The van der Waals surface area contributed by atoms with Crippen molar-refractivity contribution in [1.29, 1.82) is 0 Å². The molecular formula is C16H20N2O5. The van der Waals surface area contributed by atoms with Crippen LogP contribution in [0.2, 0.25) is 0 Å². The molecule has 0 saturated heterocycles. The monoisotopic (exact) mass is 320 g/mol. The van der Waals surface area contributed by atoms with Gasteiger partial charge in [-0.1, -0.05) is 26.2 Å². The number of nitro benzene ring substituents is 1. The number of non-ortho nitro benzene ring substituents is 1. The molecule has 0 saturated carbocycles. The summed E-state index contributed by atoms with van der Waals surface area (Å²) in [6, 6.07) is 5.26. The zero-order valence-electron chi connectivity index (χ0n) is 13.0. The molecule has 0 spiro atoms. The summed E-state index contributed by atoms with van der Waals surface area (Å²) in [4.78, 5) is 33.3. The summed E-state index contributed by atoms with van der Waals surface area (Å²) >= 11 is 0. The van der Waals surface area contributed by atoms with Crippen LogP contribution in [0.5, 0.6) is 0 Å². The molecule has 1 aromatic carbocycles. The van der Waals surface area contributed by atoms with Gasteiger partial charge in [0.15, 0.2) is 0 Å². The van der Waals surface area contributed by atoms with Crippen LogP contribution in [-0.2, 0) is 14.3 Å². The van der Waals surface area contributed by atoms with Gasteiger partial charge in [0.1, 0.15) is 0 Å². The van der Waals surface area contributed by atoms with Gasteiger partial charge in [0.25, 0.3) is 5.69 Å². The Balaban J connectivity index is 2.82. The predicted molar refractivity (Wildman–Crippen MR) is 85.4 cm³/mol. The molecule has 0 unspecified atom stereocenters. The molecule has 124 valence electrons. The number of amides is 1. The lowest BCUT2D eigenvalue weighted by atomic mass is 10.1. The molecule has 0 aromatic heterocycles. The van der Waals surface area contributed by atoms with Crippen LogP contribution in [0.1, 0.15) is 38.2 Å². The quantitative estimate of drug-likeness (QED) is 0.247.